The molecule has 12 heteroatoms. The minimum absolute atomic E-state index is 0.412. The summed E-state index contributed by atoms with van der Waals surface area (Å²) in [6.45, 7) is 0.668. The van der Waals surface area contributed by atoms with Crippen LogP contribution in [0.15, 0.2) is 60.9 Å². The van der Waals surface area contributed by atoms with E-state index in [-0.39, 0.29) is 0 Å². The van der Waals surface area contributed by atoms with Crippen LogP contribution in [0.25, 0.3) is 15.9 Å². The van der Waals surface area contributed by atoms with E-state index >= 15 is 0 Å². The van der Waals surface area contributed by atoms with Gasteiger partial charge in [-0.25, -0.2) is 29.1 Å². The van der Waals surface area contributed by atoms with Gasteiger partial charge < -0.3 is 15.2 Å². The number of aromatic nitrogens is 5. The quantitative estimate of drug-likeness (QED) is 0.310. The van der Waals surface area contributed by atoms with Crippen molar-refractivity contribution in [3.05, 3.63) is 71.6 Å². The van der Waals surface area contributed by atoms with Gasteiger partial charge in [0, 0.05) is 42.5 Å². The van der Waals surface area contributed by atoms with Crippen molar-refractivity contribution in [3.63, 3.8) is 0 Å². The number of nitrogens with zero attached hydrogens (tertiary/aromatic N) is 5. The van der Waals surface area contributed by atoms with Gasteiger partial charge in [0.05, 0.1) is 27.9 Å². The van der Waals surface area contributed by atoms with E-state index in [1.165, 1.54) is 35.9 Å². The van der Waals surface area contributed by atoms with Crippen molar-refractivity contribution in [1.29, 1.82) is 0 Å². The first-order valence-corrected chi connectivity index (χ1v) is 11.6. The molecule has 9 nitrogen and oxygen atoms in total. The molecule has 0 saturated carbocycles. The highest BCUT2D eigenvalue weighted by molar-refractivity contribution is 7.17. The average Bonchev–Trinajstić information content (AvgIpc) is 3.57. The smallest absolute Gasteiger partial charge is 0.325 e. The second-order valence-electron chi connectivity index (χ2n) is 6.88. The normalized spacial score (nSPS) is 10.9. The number of anilines is 3. The number of benzene rings is 1. The molecule has 166 valence electrons. The van der Waals surface area contributed by atoms with Crippen molar-refractivity contribution < 1.29 is 9.18 Å². The number of carbonyl (C=O) groups is 1. The number of amides is 2. The minimum atomic E-state index is -0.469. The van der Waals surface area contributed by atoms with E-state index in [9.17, 15) is 9.18 Å². The molecule has 33 heavy (non-hydrogen) atoms. The molecule has 0 aliphatic rings. The van der Waals surface area contributed by atoms with Crippen LogP contribution in [0, 0.1) is 5.82 Å². The molecule has 1 aromatic carbocycles. The summed E-state index contributed by atoms with van der Waals surface area (Å²) in [6.07, 6.45) is 8.78. The second-order valence-corrected chi connectivity index (χ2v) is 8.91. The first-order chi connectivity index (χ1) is 16.2. The van der Waals surface area contributed by atoms with Crippen LogP contribution in [-0.2, 0) is 6.42 Å². The Bertz CT molecular complexity index is 1400. The molecule has 0 aliphatic heterocycles. The fraction of sp³-hybridized carbons (Fsp3) is 0.0952. The third-order valence-corrected chi connectivity index (χ3v) is 6.55. The molecular formula is C21H17FN8OS2. The number of nitrogens with one attached hydrogen (secondary N) is 3. The number of thiazole rings is 1. The summed E-state index contributed by atoms with van der Waals surface area (Å²) in [5.74, 6) is 0.398. The third-order valence-electron chi connectivity index (χ3n) is 4.67. The standard InChI is InChI=1S/C21H17FN8OS2/c22-13-1-2-15(17(9-13)30-7-6-23-12-30)28-20(31)29-21-25-10-14(33-21)3-5-24-19-18-16(4-8-32-18)26-11-27-19/h1-2,4,6-12H,3,5H2,(H,24,26,27)(H2,25,28,29,31). The predicted octanol–water partition coefficient (Wildman–Crippen LogP) is 4.77. The van der Waals surface area contributed by atoms with Crippen LogP contribution < -0.4 is 16.0 Å². The van der Waals surface area contributed by atoms with Gasteiger partial charge in [-0.1, -0.05) is 0 Å². The summed E-state index contributed by atoms with van der Waals surface area (Å²) in [7, 11) is 0. The molecule has 0 unspecified atom stereocenters. The number of halogens is 1. The number of fused-ring (bicyclic) bond motifs is 1. The highest BCUT2D eigenvalue weighted by atomic mass is 32.1. The van der Waals surface area contributed by atoms with Crippen molar-refractivity contribution in [3.8, 4) is 5.69 Å². The predicted molar refractivity (Wildman–Crippen MR) is 128 cm³/mol. The van der Waals surface area contributed by atoms with Crippen molar-refractivity contribution in [1.82, 2.24) is 24.5 Å². The van der Waals surface area contributed by atoms with Gasteiger partial charge in [-0.3, -0.25) is 5.32 Å². The van der Waals surface area contributed by atoms with Gasteiger partial charge in [-0.15, -0.1) is 22.7 Å². The maximum atomic E-state index is 13.7. The van der Waals surface area contributed by atoms with Crippen molar-refractivity contribution in [2.24, 2.45) is 0 Å². The third kappa shape index (κ3) is 4.81. The van der Waals surface area contributed by atoms with Crippen LogP contribution in [-0.4, -0.2) is 37.1 Å². The lowest BCUT2D eigenvalue weighted by molar-refractivity contribution is 0.262. The van der Waals surface area contributed by atoms with E-state index in [1.54, 1.807) is 40.8 Å². The zero-order chi connectivity index (χ0) is 22.6. The highest BCUT2D eigenvalue weighted by Crippen LogP contribution is 2.26. The number of rotatable bonds is 7. The Balaban J connectivity index is 1.18. The van der Waals surface area contributed by atoms with Crippen LogP contribution in [0.3, 0.4) is 0 Å². The highest BCUT2D eigenvalue weighted by Gasteiger charge is 2.12. The molecule has 0 radical (unpaired) electrons. The molecule has 4 aromatic heterocycles. The SMILES string of the molecule is O=C(Nc1ncc(CCNc2ncnc3ccsc23)s1)Nc1ccc(F)cc1-n1ccnc1. The van der Waals surface area contributed by atoms with Crippen LogP contribution >= 0.6 is 22.7 Å². The summed E-state index contributed by atoms with van der Waals surface area (Å²) in [6, 6.07) is 5.60. The molecule has 3 N–H and O–H groups in total. The Labute approximate surface area is 195 Å². The summed E-state index contributed by atoms with van der Waals surface area (Å²) in [5, 5.41) is 11.3. The lowest BCUT2D eigenvalue weighted by atomic mass is 10.2. The van der Waals surface area contributed by atoms with Crippen LogP contribution in [0.4, 0.5) is 25.8 Å². The van der Waals surface area contributed by atoms with E-state index in [0.717, 1.165) is 27.3 Å². The lowest BCUT2D eigenvalue weighted by Gasteiger charge is -2.12. The Kier molecular flexibility index (Phi) is 5.91. The lowest BCUT2D eigenvalue weighted by Crippen LogP contribution is -2.20. The molecule has 2 amide bonds. The molecule has 0 spiro atoms. The van der Waals surface area contributed by atoms with Crippen molar-refractivity contribution >= 4 is 55.6 Å². The zero-order valence-electron chi connectivity index (χ0n) is 17.0. The van der Waals surface area contributed by atoms with Gasteiger partial charge in [0.15, 0.2) is 5.13 Å². The monoisotopic (exact) mass is 480 g/mol. The number of hydrogen-bond acceptors (Lipinski definition) is 8. The molecule has 0 saturated heterocycles. The molecule has 0 fully saturated rings. The van der Waals surface area contributed by atoms with Gasteiger partial charge in [0.2, 0.25) is 0 Å². The van der Waals surface area contributed by atoms with Gasteiger partial charge in [0.25, 0.3) is 0 Å². The fourth-order valence-electron chi connectivity index (χ4n) is 3.18. The van der Waals surface area contributed by atoms with Crippen LogP contribution in [0.1, 0.15) is 4.88 Å². The second kappa shape index (κ2) is 9.30. The Hall–Kier alpha value is -3.90. The minimum Gasteiger partial charge on any atom is -0.368 e. The molecule has 0 aliphatic carbocycles. The first-order valence-electron chi connectivity index (χ1n) is 9.88. The van der Waals surface area contributed by atoms with Gasteiger partial charge >= 0.3 is 6.03 Å². The van der Waals surface area contributed by atoms with Crippen LogP contribution in [0.2, 0.25) is 0 Å². The van der Waals surface area contributed by atoms with Gasteiger partial charge in [0.1, 0.15) is 18.0 Å². The van der Waals surface area contributed by atoms with Gasteiger partial charge in [-0.2, -0.15) is 0 Å². The van der Waals surface area contributed by atoms with Gasteiger partial charge in [-0.05, 0) is 23.6 Å². The number of carbonyl (C=O) groups excluding carboxylic acids is 1. The summed E-state index contributed by atoms with van der Waals surface area (Å²) in [4.78, 5) is 30.3. The number of urea groups is 1. The molecular weight excluding hydrogens is 463 g/mol. The fourth-order valence-corrected chi connectivity index (χ4v) is 4.79. The van der Waals surface area contributed by atoms with E-state index < -0.39 is 11.8 Å². The van der Waals surface area contributed by atoms with E-state index in [0.29, 0.717) is 23.1 Å². The summed E-state index contributed by atoms with van der Waals surface area (Å²) in [5.41, 5.74) is 1.83. The molecule has 0 atom stereocenters. The largest absolute Gasteiger partial charge is 0.368 e. The average molecular weight is 481 g/mol. The Morgan fingerprint density at radius 3 is 2.97 bits per heavy atom. The zero-order valence-corrected chi connectivity index (χ0v) is 18.7. The summed E-state index contributed by atoms with van der Waals surface area (Å²) < 4.78 is 16.4. The van der Waals surface area contributed by atoms with Crippen molar-refractivity contribution in [2.75, 3.05) is 22.5 Å². The van der Waals surface area contributed by atoms with Crippen LogP contribution in [0.5, 0.6) is 0 Å². The number of thiophene rings is 1. The Morgan fingerprint density at radius 2 is 2.09 bits per heavy atom. The Morgan fingerprint density at radius 1 is 1.15 bits per heavy atom. The molecule has 0 bridgehead atoms. The van der Waals surface area contributed by atoms with Crippen molar-refractivity contribution in [2.45, 2.75) is 6.42 Å². The van der Waals surface area contributed by atoms with E-state index in [2.05, 4.69) is 35.9 Å². The topological polar surface area (TPSA) is 110 Å². The molecule has 5 aromatic rings. The molecule has 4 heterocycles. The number of imidazole rings is 1. The maximum Gasteiger partial charge on any atom is 0.325 e. The van der Waals surface area contributed by atoms with E-state index in [1.807, 2.05) is 11.4 Å². The van der Waals surface area contributed by atoms with E-state index in [4.69, 9.17) is 0 Å². The summed E-state index contributed by atoms with van der Waals surface area (Å²) >= 11 is 2.98. The molecule has 5 rings (SSSR count). The number of hydrogen-bond donors (Lipinski definition) is 3. The first kappa shape index (κ1) is 21.0. The maximum absolute atomic E-state index is 13.7.